The topological polar surface area (TPSA) is 92.2 Å². The van der Waals surface area contributed by atoms with Crippen LogP contribution in [0.15, 0.2) is 27.8 Å². The summed E-state index contributed by atoms with van der Waals surface area (Å²) in [4.78, 5) is 37.4. The van der Waals surface area contributed by atoms with E-state index in [0.717, 1.165) is 0 Å². The lowest BCUT2D eigenvalue weighted by molar-refractivity contribution is 0.0698. The Labute approximate surface area is 121 Å². The van der Waals surface area contributed by atoms with Crippen molar-refractivity contribution in [2.45, 2.75) is 33.7 Å². The summed E-state index contributed by atoms with van der Waals surface area (Å²) in [6.45, 7) is 6.48. The van der Waals surface area contributed by atoms with Crippen molar-refractivity contribution in [2.24, 2.45) is 5.41 Å². The highest BCUT2D eigenvalue weighted by Crippen LogP contribution is 2.21. The molecule has 1 heterocycles. The molecule has 6 nitrogen and oxygen atoms in total. The van der Waals surface area contributed by atoms with Gasteiger partial charge in [-0.25, -0.2) is 4.79 Å². The Bertz CT molecular complexity index is 809. The van der Waals surface area contributed by atoms with Crippen molar-refractivity contribution in [1.82, 2.24) is 9.55 Å². The Morgan fingerprint density at radius 3 is 2.52 bits per heavy atom. The lowest BCUT2D eigenvalue weighted by Crippen LogP contribution is -2.37. The van der Waals surface area contributed by atoms with E-state index in [1.54, 1.807) is 12.1 Å². The van der Waals surface area contributed by atoms with Crippen molar-refractivity contribution in [2.75, 3.05) is 0 Å². The van der Waals surface area contributed by atoms with Crippen LogP contribution in [0.4, 0.5) is 0 Å². The van der Waals surface area contributed by atoms with E-state index < -0.39 is 17.1 Å². The minimum atomic E-state index is -1.14. The monoisotopic (exact) mass is 290 g/mol. The fraction of sp³-hybridized carbons (Fsp3) is 0.400. The highest BCUT2D eigenvalue weighted by Gasteiger charge is 2.16. The van der Waals surface area contributed by atoms with Crippen LogP contribution in [0.1, 0.15) is 37.6 Å². The zero-order chi connectivity index (χ0) is 15.8. The number of carboxylic acid groups (broad SMARTS) is 1. The zero-order valence-corrected chi connectivity index (χ0v) is 12.3. The van der Waals surface area contributed by atoms with Gasteiger partial charge in [0.2, 0.25) is 0 Å². The largest absolute Gasteiger partial charge is 0.478 e. The quantitative estimate of drug-likeness (QED) is 0.843. The predicted octanol–water partition coefficient (Wildman–Crippen LogP) is 1.82. The third kappa shape index (κ3) is 3.04. The fourth-order valence-electron chi connectivity index (χ4n) is 2.14. The molecule has 6 heteroatoms. The fourth-order valence-corrected chi connectivity index (χ4v) is 2.14. The molecule has 0 unspecified atom stereocenters. The molecule has 0 bridgehead atoms. The van der Waals surface area contributed by atoms with Crippen LogP contribution in [-0.4, -0.2) is 20.6 Å². The van der Waals surface area contributed by atoms with Crippen LogP contribution in [0.5, 0.6) is 0 Å². The number of H-pyrrole nitrogens is 1. The summed E-state index contributed by atoms with van der Waals surface area (Å²) >= 11 is 0. The van der Waals surface area contributed by atoms with E-state index in [2.05, 4.69) is 4.98 Å². The van der Waals surface area contributed by atoms with Gasteiger partial charge in [-0.15, -0.1) is 0 Å². The number of carboxylic acids is 1. The second kappa shape index (κ2) is 5.20. The van der Waals surface area contributed by atoms with Gasteiger partial charge in [0, 0.05) is 6.54 Å². The van der Waals surface area contributed by atoms with Gasteiger partial charge >= 0.3 is 17.1 Å². The van der Waals surface area contributed by atoms with Gasteiger partial charge in [0.05, 0.1) is 16.6 Å². The maximum absolute atomic E-state index is 12.1. The van der Waals surface area contributed by atoms with Crippen LogP contribution in [0.2, 0.25) is 0 Å². The minimum Gasteiger partial charge on any atom is -0.478 e. The van der Waals surface area contributed by atoms with E-state index in [1.807, 2.05) is 20.8 Å². The highest BCUT2D eigenvalue weighted by atomic mass is 16.4. The van der Waals surface area contributed by atoms with Crippen molar-refractivity contribution in [1.29, 1.82) is 0 Å². The number of aryl methyl sites for hydroxylation is 1. The van der Waals surface area contributed by atoms with Crippen LogP contribution >= 0.6 is 0 Å². The summed E-state index contributed by atoms with van der Waals surface area (Å²) in [5.74, 6) is -1.14. The average Bonchev–Trinajstić information content (AvgIpc) is 2.37. The maximum Gasteiger partial charge on any atom is 0.337 e. The molecule has 0 saturated carbocycles. The molecule has 0 aliphatic carbocycles. The molecule has 21 heavy (non-hydrogen) atoms. The number of aromatic carboxylic acids is 1. The molecule has 112 valence electrons. The molecule has 0 aliphatic rings. The van der Waals surface area contributed by atoms with Crippen LogP contribution in [0.3, 0.4) is 0 Å². The number of benzene rings is 1. The number of fused-ring (bicyclic) bond motifs is 1. The van der Waals surface area contributed by atoms with E-state index >= 15 is 0 Å². The Kier molecular flexibility index (Phi) is 3.72. The summed E-state index contributed by atoms with van der Waals surface area (Å²) in [5.41, 5.74) is -0.862. The Morgan fingerprint density at radius 2 is 1.95 bits per heavy atom. The zero-order valence-electron chi connectivity index (χ0n) is 12.3. The molecule has 0 amide bonds. The van der Waals surface area contributed by atoms with Gasteiger partial charge in [-0.05, 0) is 24.0 Å². The number of carbonyl (C=O) groups is 1. The first-order valence-electron chi connectivity index (χ1n) is 6.70. The molecule has 0 radical (unpaired) electrons. The number of aromatic amines is 1. The number of aromatic nitrogens is 2. The first-order valence-corrected chi connectivity index (χ1v) is 6.70. The third-order valence-electron chi connectivity index (χ3n) is 3.33. The Morgan fingerprint density at radius 1 is 1.29 bits per heavy atom. The van der Waals surface area contributed by atoms with E-state index in [1.165, 1.54) is 10.6 Å². The predicted molar refractivity (Wildman–Crippen MR) is 79.9 cm³/mol. The van der Waals surface area contributed by atoms with Crippen LogP contribution in [0.25, 0.3) is 11.0 Å². The smallest absolute Gasteiger partial charge is 0.337 e. The molecule has 1 aromatic carbocycles. The summed E-state index contributed by atoms with van der Waals surface area (Å²) in [6, 6.07) is 4.61. The van der Waals surface area contributed by atoms with Gasteiger partial charge in [0.25, 0.3) is 0 Å². The van der Waals surface area contributed by atoms with Gasteiger partial charge in [0.1, 0.15) is 0 Å². The van der Waals surface area contributed by atoms with Crippen LogP contribution in [-0.2, 0) is 6.54 Å². The van der Waals surface area contributed by atoms with Crippen molar-refractivity contribution >= 4 is 17.0 Å². The lowest BCUT2D eigenvalue weighted by atomic mass is 9.92. The molecule has 0 fully saturated rings. The van der Waals surface area contributed by atoms with Gasteiger partial charge in [-0.3, -0.25) is 9.59 Å². The first-order chi connectivity index (χ1) is 9.70. The summed E-state index contributed by atoms with van der Waals surface area (Å²) < 4.78 is 1.35. The molecule has 2 rings (SSSR count). The van der Waals surface area contributed by atoms with Crippen LogP contribution in [0, 0.1) is 5.41 Å². The van der Waals surface area contributed by atoms with Crippen LogP contribution < -0.4 is 11.1 Å². The number of nitrogens with one attached hydrogen (secondary N) is 1. The van der Waals surface area contributed by atoms with E-state index in [9.17, 15) is 19.5 Å². The summed E-state index contributed by atoms with van der Waals surface area (Å²) in [5, 5.41) is 9.18. The van der Waals surface area contributed by atoms with Crippen molar-refractivity contribution in [3.63, 3.8) is 0 Å². The third-order valence-corrected chi connectivity index (χ3v) is 3.33. The molecule has 2 aromatic rings. The molecule has 2 N–H and O–H groups in total. The van der Waals surface area contributed by atoms with Gasteiger partial charge < -0.3 is 14.7 Å². The number of hydrogen-bond donors (Lipinski definition) is 2. The van der Waals surface area contributed by atoms with Crippen molar-refractivity contribution < 1.29 is 9.90 Å². The second-order valence-electron chi connectivity index (χ2n) is 6.23. The first kappa shape index (κ1) is 15.0. The maximum atomic E-state index is 12.1. The van der Waals surface area contributed by atoms with Crippen molar-refractivity contribution in [3.05, 3.63) is 44.5 Å². The van der Waals surface area contributed by atoms with E-state index in [-0.39, 0.29) is 16.5 Å². The summed E-state index contributed by atoms with van der Waals surface area (Å²) in [7, 11) is 0. The standard InChI is InChI=1S/C15H18N2O4/c1-15(2,3)7-8-17-10-6-4-5-9(14(20)21)11(10)16-12(18)13(17)19/h4-6H,7-8H2,1-3H3,(H,16,18)(H,20,21). The van der Waals surface area contributed by atoms with Gasteiger partial charge in [0.15, 0.2) is 0 Å². The number of para-hydroxylation sites is 1. The molecule has 0 atom stereocenters. The summed E-state index contributed by atoms with van der Waals surface area (Å²) in [6.07, 6.45) is 0.697. The number of nitrogens with zero attached hydrogens (tertiary/aromatic N) is 1. The molecular weight excluding hydrogens is 272 g/mol. The number of rotatable bonds is 3. The number of hydrogen-bond acceptors (Lipinski definition) is 3. The Balaban J connectivity index is 2.72. The molecular formula is C15H18N2O4. The highest BCUT2D eigenvalue weighted by molar-refractivity contribution is 6.00. The van der Waals surface area contributed by atoms with E-state index in [0.29, 0.717) is 18.5 Å². The SMILES string of the molecule is CC(C)(C)CCn1c(=O)c(=O)[nH]c2c(C(=O)O)cccc21. The van der Waals surface area contributed by atoms with Crippen molar-refractivity contribution in [3.8, 4) is 0 Å². The van der Waals surface area contributed by atoms with Gasteiger partial charge in [-0.1, -0.05) is 26.8 Å². The average molecular weight is 290 g/mol. The normalized spacial score (nSPS) is 11.8. The molecule has 0 spiro atoms. The van der Waals surface area contributed by atoms with E-state index in [4.69, 9.17) is 0 Å². The molecule has 0 aliphatic heterocycles. The molecule has 0 saturated heterocycles. The Hall–Kier alpha value is -2.37. The second-order valence-corrected chi connectivity index (χ2v) is 6.23. The lowest BCUT2D eigenvalue weighted by Gasteiger charge is -2.19. The van der Waals surface area contributed by atoms with Gasteiger partial charge in [-0.2, -0.15) is 0 Å². The molecule has 1 aromatic heterocycles. The minimum absolute atomic E-state index is 0.00122.